The number of hydrogen-bond donors (Lipinski definition) is 1. The van der Waals surface area contributed by atoms with Crippen molar-refractivity contribution in [2.45, 2.75) is 0 Å². The standard InChI is InChI=1S/C19H19NO4/c1-20-19(22)14-7-4-13(5-8-14)6-10-16(21)15-9-11-17(23-2)18(12-15)24-3/h4-12H,1-3H3,(H,20,22)/b10-6+. The second-order valence-electron chi connectivity index (χ2n) is 4.97. The van der Waals surface area contributed by atoms with E-state index in [0.717, 1.165) is 5.56 Å². The average molecular weight is 325 g/mol. The molecule has 1 amide bonds. The van der Waals surface area contributed by atoms with E-state index in [1.54, 1.807) is 62.7 Å². The van der Waals surface area contributed by atoms with Crippen LogP contribution in [0.25, 0.3) is 6.08 Å². The van der Waals surface area contributed by atoms with Gasteiger partial charge in [0.05, 0.1) is 14.2 Å². The molecule has 24 heavy (non-hydrogen) atoms. The highest BCUT2D eigenvalue weighted by Crippen LogP contribution is 2.27. The number of hydrogen-bond acceptors (Lipinski definition) is 4. The molecule has 124 valence electrons. The van der Waals surface area contributed by atoms with E-state index in [-0.39, 0.29) is 11.7 Å². The molecule has 0 aromatic heterocycles. The Morgan fingerprint density at radius 1 is 0.917 bits per heavy atom. The lowest BCUT2D eigenvalue weighted by Crippen LogP contribution is -2.17. The molecule has 0 bridgehead atoms. The van der Waals surface area contributed by atoms with Gasteiger partial charge in [0.1, 0.15) is 0 Å². The first kappa shape index (κ1) is 17.3. The zero-order chi connectivity index (χ0) is 17.5. The fourth-order valence-electron chi connectivity index (χ4n) is 2.15. The minimum atomic E-state index is -0.147. The van der Waals surface area contributed by atoms with Gasteiger partial charge in [-0.1, -0.05) is 18.2 Å². The summed E-state index contributed by atoms with van der Waals surface area (Å²) in [6.45, 7) is 0. The van der Waals surface area contributed by atoms with Crippen molar-refractivity contribution in [2.24, 2.45) is 0 Å². The first-order valence-corrected chi connectivity index (χ1v) is 7.35. The number of carbonyl (C=O) groups excluding carboxylic acids is 2. The summed E-state index contributed by atoms with van der Waals surface area (Å²) in [6.07, 6.45) is 3.18. The Bertz CT molecular complexity index is 763. The largest absolute Gasteiger partial charge is 0.493 e. The van der Waals surface area contributed by atoms with E-state index in [1.165, 1.54) is 13.2 Å². The van der Waals surface area contributed by atoms with E-state index in [9.17, 15) is 9.59 Å². The van der Waals surface area contributed by atoms with Crippen LogP contribution >= 0.6 is 0 Å². The molecule has 1 N–H and O–H groups in total. The zero-order valence-electron chi connectivity index (χ0n) is 13.8. The highest BCUT2D eigenvalue weighted by molar-refractivity contribution is 6.07. The van der Waals surface area contributed by atoms with Crippen molar-refractivity contribution in [3.05, 3.63) is 65.2 Å². The van der Waals surface area contributed by atoms with Gasteiger partial charge in [0.15, 0.2) is 17.3 Å². The monoisotopic (exact) mass is 325 g/mol. The van der Waals surface area contributed by atoms with Gasteiger partial charge in [-0.05, 0) is 42.0 Å². The van der Waals surface area contributed by atoms with Crippen molar-refractivity contribution in [3.8, 4) is 11.5 Å². The van der Waals surface area contributed by atoms with Gasteiger partial charge in [-0.25, -0.2) is 0 Å². The lowest BCUT2D eigenvalue weighted by atomic mass is 10.1. The molecule has 0 aliphatic rings. The Morgan fingerprint density at radius 3 is 2.12 bits per heavy atom. The quantitative estimate of drug-likeness (QED) is 0.655. The van der Waals surface area contributed by atoms with Crippen molar-refractivity contribution >= 4 is 17.8 Å². The van der Waals surface area contributed by atoms with Crippen LogP contribution in [0.3, 0.4) is 0 Å². The maximum Gasteiger partial charge on any atom is 0.251 e. The molecule has 0 aliphatic heterocycles. The van der Waals surface area contributed by atoms with Crippen molar-refractivity contribution in [1.82, 2.24) is 5.32 Å². The molecule has 2 rings (SSSR count). The Kier molecular flexibility index (Phi) is 5.73. The van der Waals surface area contributed by atoms with E-state index in [1.807, 2.05) is 0 Å². The van der Waals surface area contributed by atoms with Crippen LogP contribution in [-0.4, -0.2) is 33.0 Å². The fraction of sp³-hybridized carbons (Fsp3) is 0.158. The first-order chi connectivity index (χ1) is 11.6. The third kappa shape index (κ3) is 4.01. The molecule has 0 saturated heterocycles. The second kappa shape index (κ2) is 7.97. The topological polar surface area (TPSA) is 64.6 Å². The summed E-state index contributed by atoms with van der Waals surface area (Å²) >= 11 is 0. The van der Waals surface area contributed by atoms with Gasteiger partial charge >= 0.3 is 0 Å². The summed E-state index contributed by atoms with van der Waals surface area (Å²) in [6, 6.07) is 12.0. The summed E-state index contributed by atoms with van der Waals surface area (Å²) in [4.78, 5) is 23.7. The zero-order valence-corrected chi connectivity index (χ0v) is 13.8. The van der Waals surface area contributed by atoms with Crippen LogP contribution in [0.1, 0.15) is 26.3 Å². The molecule has 0 atom stereocenters. The van der Waals surface area contributed by atoms with Crippen LogP contribution in [-0.2, 0) is 0 Å². The molecule has 0 aliphatic carbocycles. The summed E-state index contributed by atoms with van der Waals surface area (Å²) in [7, 11) is 4.65. The van der Waals surface area contributed by atoms with Gasteiger partial charge in [0.2, 0.25) is 0 Å². The molecule has 2 aromatic rings. The van der Waals surface area contributed by atoms with Crippen molar-refractivity contribution in [3.63, 3.8) is 0 Å². The maximum absolute atomic E-state index is 12.3. The van der Waals surface area contributed by atoms with E-state index in [2.05, 4.69) is 5.32 Å². The Hall–Kier alpha value is -3.08. The number of methoxy groups -OCH3 is 2. The number of ether oxygens (including phenoxy) is 2. The molecule has 2 aromatic carbocycles. The van der Waals surface area contributed by atoms with Gasteiger partial charge in [0, 0.05) is 18.2 Å². The van der Waals surface area contributed by atoms with Crippen LogP contribution in [0.15, 0.2) is 48.5 Å². The molecule has 5 heteroatoms. The van der Waals surface area contributed by atoms with Crippen LogP contribution in [0, 0.1) is 0 Å². The molecule has 0 radical (unpaired) electrons. The molecule has 5 nitrogen and oxygen atoms in total. The highest BCUT2D eigenvalue weighted by atomic mass is 16.5. The summed E-state index contributed by atoms with van der Waals surface area (Å²) in [5.74, 6) is 0.785. The molecule has 0 heterocycles. The molecular formula is C19H19NO4. The van der Waals surface area contributed by atoms with Gasteiger partial charge in [-0.15, -0.1) is 0 Å². The molecule has 0 spiro atoms. The SMILES string of the molecule is CNC(=O)c1ccc(/C=C/C(=O)c2ccc(OC)c(OC)c2)cc1. The fourth-order valence-corrected chi connectivity index (χ4v) is 2.15. The number of allylic oxidation sites excluding steroid dienone is 1. The number of amides is 1. The normalized spacial score (nSPS) is 10.5. The van der Waals surface area contributed by atoms with Crippen molar-refractivity contribution < 1.29 is 19.1 Å². The smallest absolute Gasteiger partial charge is 0.251 e. The molecule has 0 saturated carbocycles. The predicted molar refractivity (Wildman–Crippen MR) is 92.7 cm³/mol. The summed E-state index contributed by atoms with van der Waals surface area (Å²) in [5.41, 5.74) is 1.91. The van der Waals surface area contributed by atoms with Crippen LogP contribution < -0.4 is 14.8 Å². The van der Waals surface area contributed by atoms with Crippen LogP contribution in [0.4, 0.5) is 0 Å². The van der Waals surface area contributed by atoms with Crippen LogP contribution in [0.5, 0.6) is 11.5 Å². The Morgan fingerprint density at radius 2 is 1.54 bits per heavy atom. The number of nitrogens with one attached hydrogen (secondary N) is 1. The van der Waals surface area contributed by atoms with Gasteiger partial charge in [-0.2, -0.15) is 0 Å². The third-order valence-corrected chi connectivity index (χ3v) is 3.50. The second-order valence-corrected chi connectivity index (χ2v) is 4.97. The van der Waals surface area contributed by atoms with E-state index < -0.39 is 0 Å². The summed E-state index contributed by atoms with van der Waals surface area (Å²) < 4.78 is 10.3. The van der Waals surface area contributed by atoms with Gasteiger partial charge < -0.3 is 14.8 Å². The predicted octanol–water partition coefficient (Wildman–Crippen LogP) is 2.96. The van der Waals surface area contributed by atoms with Gasteiger partial charge in [0.25, 0.3) is 5.91 Å². The van der Waals surface area contributed by atoms with Crippen LogP contribution in [0.2, 0.25) is 0 Å². The van der Waals surface area contributed by atoms with Crippen molar-refractivity contribution in [1.29, 1.82) is 0 Å². The molecule has 0 unspecified atom stereocenters. The number of ketones is 1. The first-order valence-electron chi connectivity index (χ1n) is 7.35. The minimum Gasteiger partial charge on any atom is -0.493 e. The highest BCUT2D eigenvalue weighted by Gasteiger charge is 2.08. The van der Waals surface area contributed by atoms with E-state index in [4.69, 9.17) is 9.47 Å². The number of benzene rings is 2. The van der Waals surface area contributed by atoms with Gasteiger partial charge in [-0.3, -0.25) is 9.59 Å². The lowest BCUT2D eigenvalue weighted by molar-refractivity contribution is 0.0962. The Labute approximate surface area is 140 Å². The van der Waals surface area contributed by atoms with E-state index in [0.29, 0.717) is 22.6 Å². The lowest BCUT2D eigenvalue weighted by Gasteiger charge is -2.08. The number of carbonyl (C=O) groups is 2. The third-order valence-electron chi connectivity index (χ3n) is 3.50. The van der Waals surface area contributed by atoms with Crippen molar-refractivity contribution in [2.75, 3.05) is 21.3 Å². The number of rotatable bonds is 6. The molecule has 0 fully saturated rings. The maximum atomic E-state index is 12.3. The Balaban J connectivity index is 2.14. The van der Waals surface area contributed by atoms with E-state index >= 15 is 0 Å². The summed E-state index contributed by atoms with van der Waals surface area (Å²) in [5, 5.41) is 2.56. The molecular weight excluding hydrogens is 306 g/mol. The average Bonchev–Trinajstić information content (AvgIpc) is 2.65. The minimum absolute atomic E-state index is 0.146.